The van der Waals surface area contributed by atoms with Gasteiger partial charge in [0.2, 0.25) is 0 Å². The average Bonchev–Trinajstić information content (AvgIpc) is 3.50. The van der Waals surface area contributed by atoms with E-state index in [4.69, 9.17) is 4.74 Å². The quantitative estimate of drug-likeness (QED) is 0.329. The number of halogens is 3. The summed E-state index contributed by atoms with van der Waals surface area (Å²) in [5, 5.41) is 8.89. The fourth-order valence-corrected chi connectivity index (χ4v) is 5.34. The van der Waals surface area contributed by atoms with E-state index in [2.05, 4.69) is 28.6 Å². The van der Waals surface area contributed by atoms with Crippen LogP contribution in [0.25, 0.3) is 0 Å². The second-order valence-corrected chi connectivity index (χ2v) is 10.8. The van der Waals surface area contributed by atoms with Crippen molar-refractivity contribution >= 4 is 5.78 Å². The predicted molar refractivity (Wildman–Crippen MR) is 127 cm³/mol. The minimum absolute atomic E-state index is 0.00717. The summed E-state index contributed by atoms with van der Waals surface area (Å²) in [6.45, 7) is 5.72. The summed E-state index contributed by atoms with van der Waals surface area (Å²) < 4.78 is 49.5. The van der Waals surface area contributed by atoms with E-state index in [1.165, 1.54) is 13.3 Å². The largest absolute Gasteiger partial charge is 0.414 e. The van der Waals surface area contributed by atoms with Gasteiger partial charge in [0.15, 0.2) is 6.10 Å². The summed E-state index contributed by atoms with van der Waals surface area (Å²) in [5.41, 5.74) is 0.675. The minimum atomic E-state index is -4.55. The second-order valence-electron chi connectivity index (χ2n) is 10.8. The van der Waals surface area contributed by atoms with Gasteiger partial charge in [0.05, 0.1) is 6.61 Å². The molecule has 2 atom stereocenters. The van der Waals surface area contributed by atoms with Crippen LogP contribution in [0.3, 0.4) is 0 Å². The Labute approximate surface area is 205 Å². The van der Waals surface area contributed by atoms with Gasteiger partial charge in [-0.3, -0.25) is 0 Å². The zero-order valence-electron chi connectivity index (χ0n) is 20.8. The lowest BCUT2D eigenvalue weighted by atomic mass is 9.71. The van der Waals surface area contributed by atoms with Crippen molar-refractivity contribution in [3.63, 3.8) is 0 Å². The molecule has 0 spiro atoms. The van der Waals surface area contributed by atoms with Crippen molar-refractivity contribution in [2.75, 3.05) is 0 Å². The fraction of sp³-hybridized carbons (Fsp3) is 0.667. The van der Waals surface area contributed by atoms with Crippen LogP contribution in [0.5, 0.6) is 0 Å². The maximum Gasteiger partial charge on any atom is 0.414 e. The first-order valence-electron chi connectivity index (χ1n) is 12.8. The molecule has 1 heterocycles. The van der Waals surface area contributed by atoms with Gasteiger partial charge in [0.1, 0.15) is 17.4 Å². The first-order valence-corrected chi connectivity index (χ1v) is 12.8. The molecular weight excluding hydrogens is 455 g/mol. The van der Waals surface area contributed by atoms with Crippen LogP contribution in [-0.2, 0) is 16.1 Å². The van der Waals surface area contributed by atoms with Crippen LogP contribution in [0.1, 0.15) is 101 Å². The molecular formula is C27H36F3N3O2. The molecule has 5 nitrogen and oxygen atoms in total. The number of aromatic nitrogens is 3. The van der Waals surface area contributed by atoms with Crippen LogP contribution in [0.4, 0.5) is 13.2 Å². The van der Waals surface area contributed by atoms with E-state index in [9.17, 15) is 18.0 Å². The van der Waals surface area contributed by atoms with Gasteiger partial charge in [0, 0.05) is 24.3 Å². The van der Waals surface area contributed by atoms with Gasteiger partial charge >= 0.3 is 6.18 Å². The summed E-state index contributed by atoms with van der Waals surface area (Å²) in [4.78, 5) is 12.1. The van der Waals surface area contributed by atoms with E-state index in [1.54, 1.807) is 24.3 Å². The highest BCUT2D eigenvalue weighted by Gasteiger charge is 2.45. The molecule has 1 aromatic heterocycles. The van der Waals surface area contributed by atoms with Crippen molar-refractivity contribution in [1.82, 2.24) is 14.8 Å². The lowest BCUT2D eigenvalue weighted by Gasteiger charge is -2.36. The Balaban J connectivity index is 1.54. The summed E-state index contributed by atoms with van der Waals surface area (Å²) in [7, 11) is 0. The number of hydrogen-bond acceptors (Lipinski definition) is 4. The van der Waals surface area contributed by atoms with Crippen molar-refractivity contribution in [1.29, 1.82) is 0 Å². The molecule has 2 aliphatic rings. The number of benzene rings is 1. The monoisotopic (exact) mass is 491 g/mol. The maximum atomic E-state index is 14.0. The number of carbonyl (C=O) groups is 1. The molecule has 1 unspecified atom stereocenters. The number of hydrogen-bond donors (Lipinski definition) is 0. The Hall–Kier alpha value is -2.22. The van der Waals surface area contributed by atoms with Crippen LogP contribution >= 0.6 is 0 Å². The Kier molecular flexibility index (Phi) is 7.99. The lowest BCUT2D eigenvalue weighted by molar-refractivity contribution is -0.227. The highest BCUT2D eigenvalue weighted by molar-refractivity contribution is 5.76. The Morgan fingerprint density at radius 1 is 1.14 bits per heavy atom. The zero-order valence-corrected chi connectivity index (χ0v) is 20.8. The highest BCUT2D eigenvalue weighted by atomic mass is 19.4. The summed E-state index contributed by atoms with van der Waals surface area (Å²) >= 11 is 0. The Morgan fingerprint density at radius 2 is 1.83 bits per heavy atom. The highest BCUT2D eigenvalue weighted by Crippen LogP contribution is 2.48. The van der Waals surface area contributed by atoms with Crippen LogP contribution in [0, 0.1) is 11.8 Å². The molecule has 2 fully saturated rings. The maximum absolute atomic E-state index is 14.0. The summed E-state index contributed by atoms with van der Waals surface area (Å²) in [5.74, 6) is 2.17. The standard InChI is InChI=1S/C27H36F3N3O2/c1-17(2)11-20-13-22(14-20)26-32-31-25(33(26)23-9-10-23)21(12-18(3)34)15-24(27(28,29)30)35-16-19-7-5-4-6-8-19/h4-8,17,20-24H,9-16H2,1-3H3/t20-,21-,22+,24?/m1/s1. The van der Waals surface area contributed by atoms with Crippen molar-refractivity contribution in [2.24, 2.45) is 11.8 Å². The molecule has 8 heteroatoms. The number of rotatable bonds is 12. The fourth-order valence-electron chi connectivity index (χ4n) is 5.34. The van der Waals surface area contributed by atoms with Crippen molar-refractivity contribution in [3.8, 4) is 0 Å². The molecule has 1 aromatic carbocycles. The third kappa shape index (κ3) is 6.72. The Morgan fingerprint density at radius 3 is 2.40 bits per heavy atom. The van der Waals surface area contributed by atoms with Crippen molar-refractivity contribution < 1.29 is 22.7 Å². The molecule has 0 amide bonds. The number of ether oxygens (including phenoxy) is 1. The van der Waals surface area contributed by atoms with Crippen LogP contribution in [0.15, 0.2) is 30.3 Å². The molecule has 192 valence electrons. The van der Waals surface area contributed by atoms with Gasteiger partial charge in [-0.05, 0) is 62.8 Å². The van der Waals surface area contributed by atoms with E-state index in [0.717, 1.165) is 31.5 Å². The second kappa shape index (κ2) is 10.8. The van der Waals surface area contributed by atoms with Gasteiger partial charge in [-0.15, -0.1) is 10.2 Å². The van der Waals surface area contributed by atoms with Crippen LogP contribution < -0.4 is 0 Å². The van der Waals surface area contributed by atoms with Crippen LogP contribution in [-0.4, -0.2) is 32.8 Å². The van der Waals surface area contributed by atoms with Crippen LogP contribution in [0.2, 0.25) is 0 Å². The number of nitrogens with zero attached hydrogens (tertiary/aromatic N) is 3. The first kappa shape index (κ1) is 25.9. The zero-order chi connectivity index (χ0) is 25.2. The van der Waals surface area contributed by atoms with E-state index in [0.29, 0.717) is 29.1 Å². The number of Topliss-reactive ketones (excluding diaryl/α,β-unsaturated/α-hetero) is 1. The van der Waals surface area contributed by atoms with Gasteiger partial charge in [-0.25, -0.2) is 0 Å². The third-order valence-corrected chi connectivity index (χ3v) is 7.12. The van der Waals surface area contributed by atoms with Crippen molar-refractivity contribution in [2.45, 2.75) is 102 Å². The number of alkyl halides is 3. The molecule has 0 bridgehead atoms. The van der Waals surface area contributed by atoms with E-state index >= 15 is 0 Å². The molecule has 2 aliphatic carbocycles. The molecule has 0 N–H and O–H groups in total. The number of carbonyl (C=O) groups excluding carboxylic acids is 1. The van der Waals surface area contributed by atoms with E-state index in [-0.39, 0.29) is 31.3 Å². The molecule has 0 aliphatic heterocycles. The lowest BCUT2D eigenvalue weighted by Crippen LogP contribution is -2.34. The topological polar surface area (TPSA) is 57.0 Å². The van der Waals surface area contributed by atoms with E-state index < -0.39 is 18.2 Å². The SMILES string of the molecule is CC(=O)C[C@H](CC(OCc1ccccc1)C(F)(F)F)c1nnc([C@H]2C[C@@H](CC(C)C)C2)n1C1CC1. The first-order chi connectivity index (χ1) is 16.6. The van der Waals surface area contributed by atoms with Gasteiger partial charge in [-0.2, -0.15) is 13.2 Å². The number of ketones is 1. The summed E-state index contributed by atoms with van der Waals surface area (Å²) in [6, 6.07) is 9.05. The minimum Gasteiger partial charge on any atom is -0.364 e. The Bertz CT molecular complexity index is 979. The van der Waals surface area contributed by atoms with Crippen molar-refractivity contribution in [3.05, 3.63) is 47.5 Å². The smallest absolute Gasteiger partial charge is 0.364 e. The normalized spacial score (nSPS) is 22.1. The molecule has 0 saturated heterocycles. The summed E-state index contributed by atoms with van der Waals surface area (Å²) in [6.07, 6.45) is -1.67. The molecule has 35 heavy (non-hydrogen) atoms. The van der Waals surface area contributed by atoms with Gasteiger partial charge in [0.25, 0.3) is 0 Å². The average molecular weight is 492 g/mol. The molecule has 2 aromatic rings. The van der Waals surface area contributed by atoms with Gasteiger partial charge in [-0.1, -0.05) is 44.2 Å². The predicted octanol–water partition coefficient (Wildman–Crippen LogP) is 6.75. The third-order valence-electron chi connectivity index (χ3n) is 7.12. The molecule has 4 rings (SSSR count). The van der Waals surface area contributed by atoms with Gasteiger partial charge < -0.3 is 14.1 Å². The van der Waals surface area contributed by atoms with E-state index in [1.807, 2.05) is 6.07 Å². The molecule has 0 radical (unpaired) electrons. The molecule has 2 saturated carbocycles.